The summed E-state index contributed by atoms with van der Waals surface area (Å²) >= 11 is 2.77. The molecule has 0 aliphatic carbocycles. The number of aliphatic hydroxyl groups is 1. The number of pyridine rings is 1. The number of fused-ring (bicyclic) bond motifs is 1. The lowest BCUT2D eigenvalue weighted by molar-refractivity contribution is -0.132. The highest BCUT2D eigenvalue weighted by atomic mass is 32.2. The van der Waals surface area contributed by atoms with Gasteiger partial charge < -0.3 is 5.11 Å². The topological polar surface area (TPSA) is 96.3 Å². The number of carbonyl (C=O) groups excluding carboxylic acids is 2. The fraction of sp³-hybridized carbons (Fsp3) is 0.129. The molecular formula is C31H24N4O3S2. The van der Waals surface area contributed by atoms with Crippen molar-refractivity contribution >= 4 is 56.5 Å². The molecule has 1 N–H and O–H groups in total. The minimum Gasteiger partial charge on any atom is -0.507 e. The summed E-state index contributed by atoms with van der Waals surface area (Å²) < 4.78 is 0.671. The molecule has 2 aromatic heterocycles. The highest BCUT2D eigenvalue weighted by Crippen LogP contribution is 2.44. The third-order valence-corrected chi connectivity index (χ3v) is 9.03. The van der Waals surface area contributed by atoms with Crippen LogP contribution in [0.2, 0.25) is 0 Å². The monoisotopic (exact) mass is 564 g/mol. The lowest BCUT2D eigenvalue weighted by atomic mass is 9.94. The minimum atomic E-state index is -0.891. The summed E-state index contributed by atoms with van der Waals surface area (Å²) in [6.45, 7) is 3.76. The molecule has 40 heavy (non-hydrogen) atoms. The Morgan fingerprint density at radius 3 is 2.65 bits per heavy atom. The Morgan fingerprint density at radius 2 is 1.82 bits per heavy atom. The predicted molar refractivity (Wildman–Crippen MR) is 158 cm³/mol. The van der Waals surface area contributed by atoms with Gasteiger partial charge in [0, 0.05) is 23.7 Å². The lowest BCUT2D eigenvalue weighted by Gasteiger charge is -2.22. The van der Waals surface area contributed by atoms with Gasteiger partial charge in [0.15, 0.2) is 4.34 Å². The van der Waals surface area contributed by atoms with Crippen molar-refractivity contribution in [3.05, 3.63) is 119 Å². The zero-order valence-electron chi connectivity index (χ0n) is 21.7. The molecule has 3 aromatic carbocycles. The number of hydrogen-bond donors (Lipinski definition) is 1. The second-order valence-electron chi connectivity index (χ2n) is 9.55. The number of anilines is 1. The Kier molecular flexibility index (Phi) is 6.91. The third kappa shape index (κ3) is 4.67. The molecule has 0 radical (unpaired) electrons. The predicted octanol–water partition coefficient (Wildman–Crippen LogP) is 6.62. The van der Waals surface area contributed by atoms with Gasteiger partial charge in [-0.1, -0.05) is 89.3 Å². The molecule has 1 amide bonds. The van der Waals surface area contributed by atoms with Crippen molar-refractivity contribution in [3.63, 3.8) is 0 Å². The van der Waals surface area contributed by atoms with Gasteiger partial charge >= 0.3 is 5.91 Å². The van der Waals surface area contributed by atoms with Crippen LogP contribution in [0, 0.1) is 13.8 Å². The van der Waals surface area contributed by atoms with Gasteiger partial charge in [0.25, 0.3) is 5.78 Å². The number of thioether (sulfide) groups is 1. The van der Waals surface area contributed by atoms with Gasteiger partial charge in [0.1, 0.15) is 5.76 Å². The van der Waals surface area contributed by atoms with Gasteiger partial charge in [-0.25, -0.2) is 0 Å². The van der Waals surface area contributed by atoms with Gasteiger partial charge in [-0.2, -0.15) is 0 Å². The number of benzene rings is 3. The summed E-state index contributed by atoms with van der Waals surface area (Å²) in [7, 11) is 0. The van der Waals surface area contributed by atoms with Gasteiger partial charge in [-0.05, 0) is 53.4 Å². The van der Waals surface area contributed by atoms with Gasteiger partial charge in [-0.3, -0.25) is 19.5 Å². The molecule has 0 saturated carbocycles. The molecule has 7 nitrogen and oxygen atoms in total. The summed E-state index contributed by atoms with van der Waals surface area (Å²) in [5.41, 5.74) is 4.00. The Bertz CT molecular complexity index is 1790. The van der Waals surface area contributed by atoms with Crippen LogP contribution in [0.5, 0.6) is 0 Å². The number of aromatic nitrogens is 3. The van der Waals surface area contributed by atoms with Crippen LogP contribution >= 0.6 is 23.1 Å². The molecule has 0 spiro atoms. The molecule has 1 aliphatic rings. The summed E-state index contributed by atoms with van der Waals surface area (Å²) in [5, 5.41) is 22.7. The van der Waals surface area contributed by atoms with E-state index in [0.29, 0.717) is 21.2 Å². The average molecular weight is 565 g/mol. The van der Waals surface area contributed by atoms with Crippen LogP contribution in [0.1, 0.15) is 33.9 Å². The number of aryl methyl sites for hydroxylation is 2. The fourth-order valence-corrected chi connectivity index (χ4v) is 6.81. The van der Waals surface area contributed by atoms with E-state index in [9.17, 15) is 14.7 Å². The Morgan fingerprint density at radius 1 is 1.00 bits per heavy atom. The van der Waals surface area contributed by atoms with Crippen molar-refractivity contribution < 1.29 is 14.7 Å². The lowest BCUT2D eigenvalue weighted by Crippen LogP contribution is -2.29. The second-order valence-corrected chi connectivity index (χ2v) is 11.7. The van der Waals surface area contributed by atoms with E-state index in [1.165, 1.54) is 44.3 Å². The van der Waals surface area contributed by atoms with Crippen LogP contribution in [0.25, 0.3) is 16.5 Å². The Hall–Kier alpha value is -4.34. The Labute approximate surface area is 239 Å². The standard InChI is InChI=1S/C31H24N4O3S2/c1-18-12-13-19(2)24(15-18)27(36)25-26(21-10-6-14-32-16-21)35(29(38)28(25)37)30-33-34-31(40-30)39-17-22-9-5-8-20-7-3-4-11-23(20)22/h3-16,26,36H,17H2,1-2H3. The zero-order chi connectivity index (χ0) is 27.8. The highest BCUT2D eigenvalue weighted by Gasteiger charge is 2.48. The second kappa shape index (κ2) is 10.7. The maximum atomic E-state index is 13.5. The zero-order valence-corrected chi connectivity index (χ0v) is 23.4. The SMILES string of the molecule is Cc1ccc(C)c(C(O)=C2C(=O)C(=O)N(c3nnc(SCc4cccc5ccccc45)s3)C2c2cccnc2)c1. The summed E-state index contributed by atoms with van der Waals surface area (Å²) in [6, 6.07) is 22.7. The number of Topliss-reactive ketones (excluding diaryl/α,β-unsaturated/α-hetero) is 1. The molecule has 1 atom stereocenters. The highest BCUT2D eigenvalue weighted by molar-refractivity contribution is 8.00. The van der Waals surface area contributed by atoms with Crippen LogP contribution in [0.3, 0.4) is 0 Å². The van der Waals surface area contributed by atoms with Crippen LogP contribution in [0.4, 0.5) is 5.13 Å². The van der Waals surface area contributed by atoms with E-state index >= 15 is 0 Å². The van der Waals surface area contributed by atoms with Crippen molar-refractivity contribution in [3.8, 4) is 0 Å². The first-order valence-electron chi connectivity index (χ1n) is 12.6. The number of ketones is 1. The number of aliphatic hydroxyl groups excluding tert-OH is 1. The fourth-order valence-electron chi connectivity index (χ4n) is 4.94. The number of rotatable bonds is 6. The van der Waals surface area contributed by atoms with E-state index in [0.717, 1.165) is 11.1 Å². The summed E-state index contributed by atoms with van der Waals surface area (Å²) in [5.74, 6) is -1.08. The number of carbonyl (C=O) groups is 2. The van der Waals surface area contributed by atoms with Crippen LogP contribution in [-0.4, -0.2) is 32.0 Å². The molecule has 1 fully saturated rings. The van der Waals surface area contributed by atoms with Gasteiger partial charge in [0.2, 0.25) is 5.13 Å². The third-order valence-electron chi connectivity index (χ3n) is 6.93. The van der Waals surface area contributed by atoms with E-state index in [1.807, 2.05) is 50.2 Å². The molecule has 1 aliphatic heterocycles. The van der Waals surface area contributed by atoms with Gasteiger partial charge in [-0.15, -0.1) is 10.2 Å². The first-order chi connectivity index (χ1) is 19.4. The molecule has 5 aromatic rings. The molecule has 198 valence electrons. The van der Waals surface area contributed by atoms with E-state index in [-0.39, 0.29) is 16.5 Å². The maximum absolute atomic E-state index is 13.5. The van der Waals surface area contributed by atoms with Crippen LogP contribution in [0.15, 0.2) is 95.1 Å². The number of hydrogen-bond acceptors (Lipinski definition) is 8. The van der Waals surface area contributed by atoms with Crippen LogP contribution < -0.4 is 4.90 Å². The van der Waals surface area contributed by atoms with Crippen molar-refractivity contribution in [1.82, 2.24) is 15.2 Å². The Balaban J connectivity index is 1.37. The molecule has 3 heterocycles. The number of nitrogens with zero attached hydrogens (tertiary/aromatic N) is 4. The van der Waals surface area contributed by atoms with Crippen molar-refractivity contribution in [2.24, 2.45) is 0 Å². The largest absolute Gasteiger partial charge is 0.507 e. The van der Waals surface area contributed by atoms with E-state index in [1.54, 1.807) is 24.5 Å². The molecule has 9 heteroatoms. The quantitative estimate of drug-likeness (QED) is 0.0814. The molecular weight excluding hydrogens is 541 g/mol. The van der Waals surface area contributed by atoms with E-state index in [2.05, 4.69) is 39.4 Å². The first-order valence-corrected chi connectivity index (χ1v) is 14.4. The number of amides is 1. The van der Waals surface area contributed by atoms with Crippen LogP contribution in [-0.2, 0) is 15.3 Å². The molecule has 1 saturated heterocycles. The van der Waals surface area contributed by atoms with Gasteiger partial charge in [0.05, 0.1) is 11.6 Å². The first kappa shape index (κ1) is 25.9. The summed E-state index contributed by atoms with van der Waals surface area (Å²) in [6.07, 6.45) is 3.21. The smallest absolute Gasteiger partial charge is 0.301 e. The maximum Gasteiger partial charge on any atom is 0.301 e. The summed E-state index contributed by atoms with van der Waals surface area (Å²) in [4.78, 5) is 32.5. The normalized spacial score (nSPS) is 16.6. The minimum absolute atomic E-state index is 0.00635. The van der Waals surface area contributed by atoms with Crippen molar-refractivity contribution in [1.29, 1.82) is 0 Å². The average Bonchev–Trinajstić information content (AvgIpc) is 3.55. The molecule has 0 bridgehead atoms. The van der Waals surface area contributed by atoms with E-state index in [4.69, 9.17) is 0 Å². The molecule has 1 unspecified atom stereocenters. The van der Waals surface area contributed by atoms with Crippen molar-refractivity contribution in [2.45, 2.75) is 30.0 Å². The van der Waals surface area contributed by atoms with Crippen molar-refractivity contribution in [2.75, 3.05) is 4.90 Å². The van der Waals surface area contributed by atoms with E-state index < -0.39 is 17.7 Å². The molecule has 6 rings (SSSR count).